The highest BCUT2D eigenvalue weighted by molar-refractivity contribution is 6.36. The van der Waals surface area contributed by atoms with E-state index in [2.05, 4.69) is 5.32 Å². The lowest BCUT2D eigenvalue weighted by Crippen LogP contribution is -2.30. The molecule has 0 saturated carbocycles. The summed E-state index contributed by atoms with van der Waals surface area (Å²) < 4.78 is 10.3. The molecule has 0 aliphatic rings. The number of carbonyl (C=O) groups excluding carboxylic acids is 2. The van der Waals surface area contributed by atoms with E-state index >= 15 is 0 Å². The van der Waals surface area contributed by atoms with Gasteiger partial charge in [0.05, 0.1) is 17.8 Å². The van der Waals surface area contributed by atoms with Crippen molar-refractivity contribution in [3.8, 4) is 5.75 Å². The van der Waals surface area contributed by atoms with Crippen LogP contribution >= 0.6 is 23.2 Å². The van der Waals surface area contributed by atoms with Gasteiger partial charge in [-0.15, -0.1) is 0 Å². The van der Waals surface area contributed by atoms with Gasteiger partial charge in [-0.1, -0.05) is 35.3 Å². The molecule has 2 aromatic rings. The number of rotatable bonds is 7. The van der Waals surface area contributed by atoms with Crippen LogP contribution < -0.4 is 10.1 Å². The lowest BCUT2D eigenvalue weighted by molar-refractivity contribution is -0.153. The number of carbonyl (C=O) groups is 2. The Labute approximate surface area is 162 Å². The highest BCUT2D eigenvalue weighted by atomic mass is 35.5. The molecule has 1 amide bonds. The summed E-state index contributed by atoms with van der Waals surface area (Å²) in [6.07, 6.45) is -0.253. The normalized spacial score (nSPS) is 11.5. The molecule has 1 N–H and O–H groups in total. The average Bonchev–Trinajstić information content (AvgIpc) is 2.62. The van der Waals surface area contributed by atoms with Crippen LogP contribution in [0, 0.1) is 0 Å². The third-order valence-electron chi connectivity index (χ3n) is 3.64. The Bertz CT molecular complexity index is 778. The van der Waals surface area contributed by atoms with Crippen molar-refractivity contribution in [3.05, 3.63) is 58.1 Å². The second kappa shape index (κ2) is 9.46. The summed E-state index contributed by atoms with van der Waals surface area (Å²) >= 11 is 11.8. The van der Waals surface area contributed by atoms with Crippen molar-refractivity contribution < 1.29 is 19.1 Å². The first-order valence-corrected chi connectivity index (χ1v) is 8.73. The fourth-order valence-electron chi connectivity index (χ4n) is 2.17. The number of nitrogens with one attached hydrogen (secondary N) is 1. The molecule has 7 heteroatoms. The van der Waals surface area contributed by atoms with Gasteiger partial charge in [0.15, 0.2) is 6.10 Å². The van der Waals surface area contributed by atoms with E-state index in [4.69, 9.17) is 32.7 Å². The standard InChI is InChI=1S/C19H19Cl2NO4/c1-12(19(24)22-17-9-6-14(20)11-16(17)21)26-18(23)10-5-13-3-7-15(25-2)8-4-13/h3-4,6-9,11-12H,5,10H2,1-2H3,(H,22,24)/t12-/m1/s1. The van der Waals surface area contributed by atoms with E-state index in [1.807, 2.05) is 24.3 Å². The van der Waals surface area contributed by atoms with Crippen LogP contribution in [0.2, 0.25) is 10.0 Å². The number of methoxy groups -OCH3 is 1. The monoisotopic (exact) mass is 395 g/mol. The topological polar surface area (TPSA) is 64.6 Å². The Hall–Kier alpha value is -2.24. The average molecular weight is 396 g/mol. The zero-order chi connectivity index (χ0) is 19.1. The van der Waals surface area contributed by atoms with Crippen molar-refractivity contribution in [2.75, 3.05) is 12.4 Å². The Kier molecular flexibility index (Phi) is 7.30. The summed E-state index contributed by atoms with van der Waals surface area (Å²) in [6.45, 7) is 1.50. The Morgan fingerprint density at radius 1 is 1.12 bits per heavy atom. The van der Waals surface area contributed by atoms with Gasteiger partial charge in [0.25, 0.3) is 5.91 Å². The summed E-state index contributed by atoms with van der Waals surface area (Å²) in [5.74, 6) is -0.167. The molecule has 1 atom stereocenters. The molecule has 0 aliphatic carbocycles. The van der Waals surface area contributed by atoms with Crippen LogP contribution in [0.1, 0.15) is 18.9 Å². The summed E-state index contributed by atoms with van der Waals surface area (Å²) in [7, 11) is 1.59. The zero-order valence-electron chi connectivity index (χ0n) is 14.4. The van der Waals surface area contributed by atoms with Crippen LogP contribution in [-0.2, 0) is 20.7 Å². The second-order valence-corrected chi connectivity index (χ2v) is 6.44. The number of esters is 1. The van der Waals surface area contributed by atoms with Gasteiger partial charge >= 0.3 is 5.97 Å². The first-order chi connectivity index (χ1) is 12.4. The molecule has 0 heterocycles. The van der Waals surface area contributed by atoms with Crippen molar-refractivity contribution in [2.24, 2.45) is 0 Å². The van der Waals surface area contributed by atoms with Gasteiger partial charge in [0.1, 0.15) is 5.75 Å². The molecule has 0 saturated heterocycles. The van der Waals surface area contributed by atoms with Crippen LogP contribution in [-0.4, -0.2) is 25.1 Å². The zero-order valence-corrected chi connectivity index (χ0v) is 15.9. The van der Waals surface area contributed by atoms with E-state index in [-0.39, 0.29) is 6.42 Å². The minimum Gasteiger partial charge on any atom is -0.497 e. The Balaban J connectivity index is 1.82. The lowest BCUT2D eigenvalue weighted by Gasteiger charge is -2.14. The molecule has 0 spiro atoms. The van der Waals surface area contributed by atoms with Gasteiger partial charge in [0, 0.05) is 11.4 Å². The van der Waals surface area contributed by atoms with Gasteiger partial charge in [-0.3, -0.25) is 9.59 Å². The SMILES string of the molecule is COc1ccc(CCC(=O)O[C@H](C)C(=O)Nc2ccc(Cl)cc2Cl)cc1. The number of ether oxygens (including phenoxy) is 2. The summed E-state index contributed by atoms with van der Waals surface area (Å²) in [6, 6.07) is 12.1. The molecule has 5 nitrogen and oxygen atoms in total. The quantitative estimate of drug-likeness (QED) is 0.700. The third-order valence-corrected chi connectivity index (χ3v) is 4.19. The molecule has 0 fully saturated rings. The highest BCUT2D eigenvalue weighted by Crippen LogP contribution is 2.25. The van der Waals surface area contributed by atoms with Gasteiger partial charge in [-0.2, -0.15) is 0 Å². The maximum absolute atomic E-state index is 12.1. The van der Waals surface area contributed by atoms with Crippen LogP contribution in [0.25, 0.3) is 0 Å². The largest absolute Gasteiger partial charge is 0.497 e. The van der Waals surface area contributed by atoms with Crippen molar-refractivity contribution in [3.63, 3.8) is 0 Å². The molecule has 0 bridgehead atoms. The number of hydrogen-bond acceptors (Lipinski definition) is 4. The van der Waals surface area contributed by atoms with Crippen LogP contribution in [0.15, 0.2) is 42.5 Å². The fourth-order valence-corrected chi connectivity index (χ4v) is 2.63. The van der Waals surface area contributed by atoms with Crippen molar-refractivity contribution in [1.82, 2.24) is 0 Å². The number of anilines is 1. The number of benzene rings is 2. The maximum Gasteiger partial charge on any atom is 0.306 e. The van der Waals surface area contributed by atoms with E-state index in [1.54, 1.807) is 19.2 Å². The molecular weight excluding hydrogens is 377 g/mol. The third kappa shape index (κ3) is 5.93. The molecule has 26 heavy (non-hydrogen) atoms. The van der Waals surface area contributed by atoms with Crippen LogP contribution in [0.5, 0.6) is 5.75 Å². The Morgan fingerprint density at radius 3 is 2.42 bits per heavy atom. The van der Waals surface area contributed by atoms with Crippen molar-refractivity contribution in [2.45, 2.75) is 25.9 Å². The van der Waals surface area contributed by atoms with E-state index in [1.165, 1.54) is 13.0 Å². The summed E-state index contributed by atoms with van der Waals surface area (Å²) in [5.41, 5.74) is 1.38. The highest BCUT2D eigenvalue weighted by Gasteiger charge is 2.18. The Morgan fingerprint density at radius 2 is 1.81 bits per heavy atom. The number of aryl methyl sites for hydroxylation is 1. The first-order valence-electron chi connectivity index (χ1n) is 7.97. The maximum atomic E-state index is 12.1. The minimum atomic E-state index is -0.940. The molecule has 0 aromatic heterocycles. The molecule has 138 valence electrons. The number of hydrogen-bond donors (Lipinski definition) is 1. The van der Waals surface area contributed by atoms with Gasteiger partial charge < -0.3 is 14.8 Å². The van der Waals surface area contributed by atoms with Gasteiger partial charge in [0.2, 0.25) is 0 Å². The smallest absolute Gasteiger partial charge is 0.306 e. The molecule has 2 aromatic carbocycles. The fraction of sp³-hybridized carbons (Fsp3) is 0.263. The summed E-state index contributed by atoms with van der Waals surface area (Å²) in [5, 5.41) is 3.38. The minimum absolute atomic E-state index is 0.172. The molecule has 0 radical (unpaired) electrons. The van der Waals surface area contributed by atoms with E-state index in [0.717, 1.165) is 11.3 Å². The predicted molar refractivity (Wildman–Crippen MR) is 102 cm³/mol. The van der Waals surface area contributed by atoms with Gasteiger partial charge in [-0.05, 0) is 49.2 Å². The van der Waals surface area contributed by atoms with Crippen molar-refractivity contribution in [1.29, 1.82) is 0 Å². The van der Waals surface area contributed by atoms with Gasteiger partial charge in [-0.25, -0.2) is 0 Å². The second-order valence-electron chi connectivity index (χ2n) is 5.59. The van der Waals surface area contributed by atoms with Crippen molar-refractivity contribution >= 4 is 40.8 Å². The summed E-state index contributed by atoms with van der Waals surface area (Å²) in [4.78, 5) is 24.1. The molecule has 0 unspecified atom stereocenters. The van der Waals surface area contributed by atoms with E-state index < -0.39 is 18.0 Å². The van der Waals surface area contributed by atoms with E-state index in [0.29, 0.717) is 22.2 Å². The first kappa shape index (κ1) is 20.1. The predicted octanol–water partition coefficient (Wildman–Crippen LogP) is 4.51. The molecule has 0 aliphatic heterocycles. The number of amides is 1. The van der Waals surface area contributed by atoms with Crippen LogP contribution in [0.3, 0.4) is 0 Å². The van der Waals surface area contributed by atoms with Crippen LogP contribution in [0.4, 0.5) is 5.69 Å². The molecule has 2 rings (SSSR count). The lowest BCUT2D eigenvalue weighted by atomic mass is 10.1. The van der Waals surface area contributed by atoms with E-state index in [9.17, 15) is 9.59 Å². The molecular formula is C19H19Cl2NO4. The number of halogens is 2.